The molecule has 0 unspecified atom stereocenters. The fraction of sp³-hybridized carbons (Fsp3) is 0.733. The predicted octanol–water partition coefficient (Wildman–Crippen LogP) is 2.80. The third-order valence-corrected chi connectivity index (χ3v) is 5.70. The van der Waals surface area contributed by atoms with E-state index in [-0.39, 0.29) is 5.91 Å². The Bertz CT molecular complexity index is 457. The first-order valence-corrected chi connectivity index (χ1v) is 8.35. The van der Waals surface area contributed by atoms with Crippen LogP contribution in [-0.4, -0.2) is 17.4 Å². The topological polar surface area (TPSA) is 42.0 Å². The van der Waals surface area contributed by atoms with Gasteiger partial charge in [-0.3, -0.25) is 4.79 Å². The van der Waals surface area contributed by atoms with Crippen molar-refractivity contribution in [1.29, 1.82) is 0 Å². The number of carbonyl (C=O) groups excluding carboxylic acids is 1. The van der Waals surface area contributed by atoms with Crippen molar-refractivity contribution in [2.45, 2.75) is 45.4 Å². The van der Waals surface area contributed by atoms with Gasteiger partial charge in [0.25, 0.3) is 0 Å². The summed E-state index contributed by atoms with van der Waals surface area (Å²) >= 11 is 1.72. The maximum atomic E-state index is 12.2. The Morgan fingerprint density at radius 1 is 1.47 bits per heavy atom. The van der Waals surface area contributed by atoms with E-state index in [1.807, 2.05) is 0 Å². The summed E-state index contributed by atoms with van der Waals surface area (Å²) in [7, 11) is 0. The zero-order valence-electron chi connectivity index (χ0n) is 11.5. The van der Waals surface area contributed by atoms with Crippen molar-refractivity contribution in [1.82, 2.24) is 10.3 Å². The standard InChI is InChI=1S/C15H22N2OS/c1-2-14-17-12(9-19-14)5-6-16-15(18)13-8-10-3-4-11(13)7-10/h9-11,13H,2-8H2,1H3,(H,16,18)/t10-,11-,13-/m0/s1. The zero-order valence-corrected chi connectivity index (χ0v) is 12.3. The van der Waals surface area contributed by atoms with E-state index in [0.717, 1.165) is 37.4 Å². The van der Waals surface area contributed by atoms with E-state index in [9.17, 15) is 4.79 Å². The zero-order chi connectivity index (χ0) is 13.2. The molecule has 104 valence electrons. The third-order valence-electron chi connectivity index (χ3n) is 4.66. The highest BCUT2D eigenvalue weighted by atomic mass is 32.1. The summed E-state index contributed by atoms with van der Waals surface area (Å²) < 4.78 is 0. The fourth-order valence-corrected chi connectivity index (χ4v) is 4.42. The van der Waals surface area contributed by atoms with Gasteiger partial charge in [-0.25, -0.2) is 4.98 Å². The van der Waals surface area contributed by atoms with Gasteiger partial charge in [0.15, 0.2) is 0 Å². The average Bonchev–Trinajstić information content (AvgIpc) is 3.14. The van der Waals surface area contributed by atoms with Crippen molar-refractivity contribution < 1.29 is 4.79 Å². The predicted molar refractivity (Wildman–Crippen MR) is 77.1 cm³/mol. The first-order valence-electron chi connectivity index (χ1n) is 7.47. The van der Waals surface area contributed by atoms with Gasteiger partial charge in [-0.05, 0) is 37.5 Å². The van der Waals surface area contributed by atoms with Gasteiger partial charge in [0, 0.05) is 24.3 Å². The van der Waals surface area contributed by atoms with Crippen molar-refractivity contribution in [2.24, 2.45) is 17.8 Å². The summed E-state index contributed by atoms with van der Waals surface area (Å²) in [6.45, 7) is 2.86. The molecule has 0 spiro atoms. The van der Waals surface area contributed by atoms with E-state index in [1.165, 1.54) is 24.3 Å². The van der Waals surface area contributed by atoms with Crippen molar-refractivity contribution in [3.63, 3.8) is 0 Å². The minimum Gasteiger partial charge on any atom is -0.355 e. The van der Waals surface area contributed by atoms with Gasteiger partial charge in [0.05, 0.1) is 10.7 Å². The van der Waals surface area contributed by atoms with Crippen LogP contribution in [0.1, 0.15) is 43.3 Å². The van der Waals surface area contributed by atoms with Crippen LogP contribution in [0, 0.1) is 17.8 Å². The van der Waals surface area contributed by atoms with Crippen LogP contribution in [0.3, 0.4) is 0 Å². The summed E-state index contributed by atoms with van der Waals surface area (Å²) in [4.78, 5) is 16.7. The second-order valence-electron chi connectivity index (χ2n) is 5.91. The van der Waals surface area contributed by atoms with Gasteiger partial charge in [-0.15, -0.1) is 11.3 Å². The van der Waals surface area contributed by atoms with Gasteiger partial charge in [-0.2, -0.15) is 0 Å². The second-order valence-corrected chi connectivity index (χ2v) is 6.85. The molecule has 1 aromatic rings. The Morgan fingerprint density at radius 2 is 2.37 bits per heavy atom. The molecule has 3 nitrogen and oxygen atoms in total. The van der Waals surface area contributed by atoms with Crippen LogP contribution in [0.15, 0.2) is 5.38 Å². The third kappa shape index (κ3) is 2.83. The smallest absolute Gasteiger partial charge is 0.223 e. The Morgan fingerprint density at radius 3 is 3.00 bits per heavy atom. The Kier molecular flexibility index (Phi) is 3.87. The molecule has 4 heteroatoms. The molecule has 2 fully saturated rings. The van der Waals surface area contributed by atoms with Gasteiger partial charge in [0.2, 0.25) is 5.91 Å². The molecule has 2 saturated carbocycles. The number of aryl methyl sites for hydroxylation is 1. The van der Waals surface area contributed by atoms with Crippen LogP contribution in [0.5, 0.6) is 0 Å². The first-order chi connectivity index (χ1) is 9.26. The highest BCUT2D eigenvalue weighted by Gasteiger charge is 2.42. The van der Waals surface area contributed by atoms with Crippen molar-refractivity contribution >= 4 is 17.2 Å². The van der Waals surface area contributed by atoms with Crippen LogP contribution in [0.4, 0.5) is 0 Å². The maximum absolute atomic E-state index is 12.2. The van der Waals surface area contributed by atoms with Gasteiger partial charge in [-0.1, -0.05) is 13.3 Å². The molecule has 0 saturated heterocycles. The largest absolute Gasteiger partial charge is 0.355 e. The molecule has 0 aromatic carbocycles. The van der Waals surface area contributed by atoms with Gasteiger partial charge in [0.1, 0.15) is 0 Å². The lowest BCUT2D eigenvalue weighted by Crippen LogP contribution is -2.34. The van der Waals surface area contributed by atoms with Gasteiger partial charge < -0.3 is 5.32 Å². The quantitative estimate of drug-likeness (QED) is 0.900. The van der Waals surface area contributed by atoms with E-state index in [2.05, 4.69) is 22.6 Å². The SMILES string of the molecule is CCc1nc(CCNC(=O)[C@H]2C[C@H]3CC[C@H]2C3)cs1. The van der Waals surface area contributed by atoms with Crippen molar-refractivity contribution in [3.05, 3.63) is 16.1 Å². The highest BCUT2D eigenvalue weighted by molar-refractivity contribution is 7.09. The van der Waals surface area contributed by atoms with Crippen LogP contribution in [0.2, 0.25) is 0 Å². The minimum atomic E-state index is 0.290. The lowest BCUT2D eigenvalue weighted by Gasteiger charge is -2.20. The molecular formula is C15H22N2OS. The molecular weight excluding hydrogens is 256 g/mol. The summed E-state index contributed by atoms with van der Waals surface area (Å²) in [5.41, 5.74) is 1.12. The average molecular weight is 278 g/mol. The van der Waals surface area contributed by atoms with Crippen LogP contribution in [0.25, 0.3) is 0 Å². The maximum Gasteiger partial charge on any atom is 0.223 e. The number of rotatable bonds is 5. The number of nitrogens with one attached hydrogen (secondary N) is 1. The van der Waals surface area contributed by atoms with Crippen LogP contribution >= 0.6 is 11.3 Å². The Hall–Kier alpha value is -0.900. The molecule has 1 N–H and O–H groups in total. The molecule has 19 heavy (non-hydrogen) atoms. The van der Waals surface area contributed by atoms with E-state index >= 15 is 0 Å². The molecule has 1 heterocycles. The molecule has 3 rings (SSSR count). The molecule has 3 atom stereocenters. The summed E-state index contributed by atoms with van der Waals surface area (Å²) in [6.07, 6.45) is 6.92. The van der Waals surface area contributed by atoms with E-state index in [4.69, 9.17) is 0 Å². The molecule has 2 aliphatic carbocycles. The Balaban J connectivity index is 1.43. The second kappa shape index (κ2) is 5.61. The minimum absolute atomic E-state index is 0.290. The highest BCUT2D eigenvalue weighted by Crippen LogP contribution is 2.48. The number of aromatic nitrogens is 1. The van der Waals surface area contributed by atoms with Crippen molar-refractivity contribution in [2.75, 3.05) is 6.54 Å². The molecule has 1 amide bonds. The monoisotopic (exact) mass is 278 g/mol. The first kappa shape index (κ1) is 13.1. The molecule has 1 aromatic heterocycles. The number of hydrogen-bond donors (Lipinski definition) is 1. The lowest BCUT2D eigenvalue weighted by atomic mass is 9.88. The number of nitrogens with zero attached hydrogens (tertiary/aromatic N) is 1. The summed E-state index contributed by atoms with van der Waals surface area (Å²) in [5.74, 6) is 2.11. The number of thiazole rings is 1. The van der Waals surface area contributed by atoms with E-state index in [1.54, 1.807) is 11.3 Å². The number of fused-ring (bicyclic) bond motifs is 2. The number of carbonyl (C=O) groups is 1. The van der Waals surface area contributed by atoms with Crippen LogP contribution < -0.4 is 5.32 Å². The van der Waals surface area contributed by atoms with E-state index < -0.39 is 0 Å². The number of hydrogen-bond acceptors (Lipinski definition) is 3. The molecule has 0 aliphatic heterocycles. The number of amides is 1. The van der Waals surface area contributed by atoms with Crippen molar-refractivity contribution in [3.8, 4) is 0 Å². The van der Waals surface area contributed by atoms with Gasteiger partial charge >= 0.3 is 0 Å². The van der Waals surface area contributed by atoms with E-state index in [0.29, 0.717) is 11.8 Å². The summed E-state index contributed by atoms with van der Waals surface area (Å²) in [5, 5.41) is 6.41. The molecule has 2 bridgehead atoms. The summed E-state index contributed by atoms with van der Waals surface area (Å²) in [6, 6.07) is 0. The Labute approximate surface area is 118 Å². The molecule has 0 radical (unpaired) electrons. The fourth-order valence-electron chi connectivity index (χ4n) is 3.64. The normalized spacial score (nSPS) is 28.8. The lowest BCUT2D eigenvalue weighted by molar-refractivity contribution is -0.126. The van der Waals surface area contributed by atoms with Crippen LogP contribution in [-0.2, 0) is 17.6 Å². The molecule has 2 aliphatic rings.